The standard InChI is InChI=1S/C14H18BrNO2/c1-14(2,18)10-16(3)13(17)9-8-11-6-4-5-7-12(11)15/h4-9,18H,10H2,1-3H3. The summed E-state index contributed by atoms with van der Waals surface area (Å²) in [5, 5.41) is 9.64. The molecule has 18 heavy (non-hydrogen) atoms. The monoisotopic (exact) mass is 311 g/mol. The molecule has 0 aliphatic heterocycles. The minimum Gasteiger partial charge on any atom is -0.389 e. The van der Waals surface area contributed by atoms with Crippen LogP contribution >= 0.6 is 15.9 Å². The van der Waals surface area contributed by atoms with E-state index in [-0.39, 0.29) is 5.91 Å². The molecule has 3 nitrogen and oxygen atoms in total. The van der Waals surface area contributed by atoms with Gasteiger partial charge in [-0.2, -0.15) is 0 Å². The van der Waals surface area contributed by atoms with Gasteiger partial charge < -0.3 is 10.0 Å². The fourth-order valence-corrected chi connectivity index (χ4v) is 1.97. The Balaban J connectivity index is 2.68. The van der Waals surface area contributed by atoms with Crippen molar-refractivity contribution in [2.75, 3.05) is 13.6 Å². The molecule has 0 atom stereocenters. The normalized spacial score (nSPS) is 11.8. The quantitative estimate of drug-likeness (QED) is 0.869. The van der Waals surface area contributed by atoms with Crippen molar-refractivity contribution < 1.29 is 9.90 Å². The topological polar surface area (TPSA) is 40.5 Å². The van der Waals surface area contributed by atoms with E-state index in [1.165, 1.54) is 11.0 Å². The molecule has 1 N–H and O–H groups in total. The largest absolute Gasteiger partial charge is 0.389 e. The van der Waals surface area contributed by atoms with Gasteiger partial charge in [0.1, 0.15) is 0 Å². The van der Waals surface area contributed by atoms with Gasteiger partial charge in [-0.05, 0) is 31.6 Å². The van der Waals surface area contributed by atoms with Gasteiger partial charge in [0.25, 0.3) is 0 Å². The third kappa shape index (κ3) is 5.02. The first-order chi connectivity index (χ1) is 8.29. The minimum atomic E-state index is -0.883. The lowest BCUT2D eigenvalue weighted by Gasteiger charge is -2.24. The second-order valence-electron chi connectivity index (χ2n) is 4.86. The number of rotatable bonds is 4. The number of benzene rings is 1. The molecule has 98 valence electrons. The van der Waals surface area contributed by atoms with E-state index in [9.17, 15) is 9.90 Å². The molecule has 4 heteroatoms. The van der Waals surface area contributed by atoms with E-state index < -0.39 is 5.60 Å². The Kier molecular flexibility index (Phi) is 5.11. The highest BCUT2D eigenvalue weighted by molar-refractivity contribution is 9.10. The summed E-state index contributed by atoms with van der Waals surface area (Å²) < 4.78 is 0.944. The minimum absolute atomic E-state index is 0.132. The van der Waals surface area contributed by atoms with E-state index >= 15 is 0 Å². The third-order valence-electron chi connectivity index (χ3n) is 2.31. The zero-order chi connectivity index (χ0) is 13.8. The summed E-state index contributed by atoms with van der Waals surface area (Å²) in [4.78, 5) is 13.3. The summed E-state index contributed by atoms with van der Waals surface area (Å²) >= 11 is 3.42. The molecular weight excluding hydrogens is 294 g/mol. The molecule has 0 radical (unpaired) electrons. The average Bonchev–Trinajstić information content (AvgIpc) is 2.25. The molecule has 0 fully saturated rings. The van der Waals surface area contributed by atoms with Crippen LogP contribution in [0, 0.1) is 0 Å². The smallest absolute Gasteiger partial charge is 0.246 e. The van der Waals surface area contributed by atoms with Crippen molar-refractivity contribution in [2.24, 2.45) is 0 Å². The zero-order valence-corrected chi connectivity index (χ0v) is 12.4. The predicted molar refractivity (Wildman–Crippen MR) is 77.1 cm³/mol. The van der Waals surface area contributed by atoms with Crippen LogP contribution in [-0.4, -0.2) is 35.1 Å². The second-order valence-corrected chi connectivity index (χ2v) is 5.72. The maximum atomic E-state index is 11.8. The molecule has 1 aromatic rings. The molecule has 0 unspecified atom stereocenters. The number of carbonyl (C=O) groups excluding carboxylic acids is 1. The Labute approximate surface area is 116 Å². The van der Waals surface area contributed by atoms with Gasteiger partial charge in [0, 0.05) is 24.1 Å². The van der Waals surface area contributed by atoms with Crippen LogP contribution in [0.5, 0.6) is 0 Å². The fraction of sp³-hybridized carbons (Fsp3) is 0.357. The van der Waals surface area contributed by atoms with Gasteiger partial charge in [-0.1, -0.05) is 34.1 Å². The Morgan fingerprint density at radius 2 is 2.06 bits per heavy atom. The fourth-order valence-electron chi connectivity index (χ4n) is 1.56. The molecule has 1 aromatic carbocycles. The Morgan fingerprint density at radius 3 is 2.61 bits per heavy atom. The maximum Gasteiger partial charge on any atom is 0.246 e. The highest BCUT2D eigenvalue weighted by Crippen LogP contribution is 2.17. The number of hydrogen-bond acceptors (Lipinski definition) is 2. The Morgan fingerprint density at radius 1 is 1.44 bits per heavy atom. The number of halogens is 1. The van der Waals surface area contributed by atoms with Gasteiger partial charge in [0.2, 0.25) is 5.91 Å². The highest BCUT2D eigenvalue weighted by atomic mass is 79.9. The number of hydrogen-bond donors (Lipinski definition) is 1. The van der Waals surface area contributed by atoms with Crippen LogP contribution in [0.25, 0.3) is 6.08 Å². The molecular formula is C14H18BrNO2. The SMILES string of the molecule is CN(CC(C)(C)O)C(=O)C=Cc1ccccc1Br. The number of amides is 1. The molecule has 0 saturated heterocycles. The molecule has 0 aliphatic carbocycles. The van der Waals surface area contributed by atoms with Crippen molar-refractivity contribution in [2.45, 2.75) is 19.4 Å². The van der Waals surface area contributed by atoms with Crippen LogP contribution in [0.1, 0.15) is 19.4 Å². The van der Waals surface area contributed by atoms with Crippen molar-refractivity contribution >= 4 is 27.9 Å². The third-order valence-corrected chi connectivity index (χ3v) is 3.03. The van der Waals surface area contributed by atoms with Crippen LogP contribution < -0.4 is 0 Å². The van der Waals surface area contributed by atoms with Crippen LogP contribution in [0.4, 0.5) is 0 Å². The van der Waals surface area contributed by atoms with Crippen molar-refractivity contribution in [3.63, 3.8) is 0 Å². The first kappa shape index (κ1) is 14.9. The molecule has 0 spiro atoms. The first-order valence-corrected chi connectivity index (χ1v) is 6.49. The maximum absolute atomic E-state index is 11.8. The summed E-state index contributed by atoms with van der Waals surface area (Å²) in [6.07, 6.45) is 3.26. The van der Waals surface area contributed by atoms with Gasteiger partial charge in [-0.15, -0.1) is 0 Å². The van der Waals surface area contributed by atoms with Crippen molar-refractivity contribution in [1.82, 2.24) is 4.90 Å². The van der Waals surface area contributed by atoms with E-state index in [0.717, 1.165) is 10.0 Å². The number of nitrogens with zero attached hydrogens (tertiary/aromatic N) is 1. The summed E-state index contributed by atoms with van der Waals surface area (Å²) in [5.74, 6) is -0.132. The molecule has 0 aliphatic rings. The number of likely N-dealkylation sites (N-methyl/N-ethyl adjacent to an activating group) is 1. The van der Waals surface area contributed by atoms with Crippen molar-refractivity contribution in [3.05, 3.63) is 40.4 Å². The molecule has 0 heterocycles. The Bertz CT molecular complexity index is 449. The van der Waals surface area contributed by atoms with Crippen LogP contribution in [-0.2, 0) is 4.79 Å². The number of carbonyl (C=O) groups is 1. The van der Waals surface area contributed by atoms with E-state index in [2.05, 4.69) is 15.9 Å². The second kappa shape index (κ2) is 6.16. The average molecular weight is 312 g/mol. The molecule has 0 bridgehead atoms. The van der Waals surface area contributed by atoms with E-state index in [0.29, 0.717) is 6.54 Å². The molecule has 0 aromatic heterocycles. The summed E-state index contributed by atoms with van der Waals surface area (Å²) in [5.41, 5.74) is 0.0634. The van der Waals surface area contributed by atoms with Crippen LogP contribution in [0.3, 0.4) is 0 Å². The lowest BCUT2D eigenvalue weighted by atomic mass is 10.1. The van der Waals surface area contributed by atoms with E-state index in [1.807, 2.05) is 24.3 Å². The van der Waals surface area contributed by atoms with E-state index in [1.54, 1.807) is 27.0 Å². The molecule has 1 rings (SSSR count). The van der Waals surface area contributed by atoms with Gasteiger partial charge in [0.15, 0.2) is 0 Å². The van der Waals surface area contributed by atoms with Crippen molar-refractivity contribution in [3.8, 4) is 0 Å². The summed E-state index contributed by atoms with van der Waals surface area (Å²) in [6.45, 7) is 3.65. The predicted octanol–water partition coefficient (Wildman–Crippen LogP) is 2.69. The highest BCUT2D eigenvalue weighted by Gasteiger charge is 2.17. The van der Waals surface area contributed by atoms with E-state index in [4.69, 9.17) is 0 Å². The van der Waals surface area contributed by atoms with Crippen LogP contribution in [0.2, 0.25) is 0 Å². The molecule has 1 amide bonds. The van der Waals surface area contributed by atoms with Gasteiger partial charge in [-0.3, -0.25) is 4.79 Å². The Hall–Kier alpha value is -1.13. The first-order valence-electron chi connectivity index (χ1n) is 5.70. The molecule has 0 saturated carbocycles. The van der Waals surface area contributed by atoms with Crippen LogP contribution in [0.15, 0.2) is 34.8 Å². The van der Waals surface area contributed by atoms with Gasteiger partial charge >= 0.3 is 0 Å². The van der Waals surface area contributed by atoms with Gasteiger partial charge in [-0.25, -0.2) is 0 Å². The lowest BCUT2D eigenvalue weighted by molar-refractivity contribution is -0.127. The lowest BCUT2D eigenvalue weighted by Crippen LogP contribution is -2.38. The number of aliphatic hydroxyl groups is 1. The summed E-state index contributed by atoms with van der Waals surface area (Å²) in [7, 11) is 1.67. The van der Waals surface area contributed by atoms with Gasteiger partial charge in [0.05, 0.1) is 5.60 Å². The summed E-state index contributed by atoms with van der Waals surface area (Å²) in [6, 6.07) is 7.67. The zero-order valence-electron chi connectivity index (χ0n) is 10.9. The van der Waals surface area contributed by atoms with Crippen molar-refractivity contribution in [1.29, 1.82) is 0 Å².